The number of fused-ring (bicyclic) bond motifs is 1. The van der Waals surface area contributed by atoms with Gasteiger partial charge in [-0.25, -0.2) is 0 Å². The van der Waals surface area contributed by atoms with Crippen LogP contribution in [-0.2, 0) is 11.3 Å². The van der Waals surface area contributed by atoms with Gasteiger partial charge in [0, 0.05) is 66.0 Å². The number of hydrogen-bond donors (Lipinski definition) is 5. The third kappa shape index (κ3) is 6.49. The lowest BCUT2D eigenvalue weighted by molar-refractivity contribution is -0.120. The van der Waals surface area contributed by atoms with Gasteiger partial charge in [-0.1, -0.05) is 54.1 Å². The zero-order chi connectivity index (χ0) is 27.7. The van der Waals surface area contributed by atoms with E-state index in [-0.39, 0.29) is 5.91 Å². The van der Waals surface area contributed by atoms with Crippen LogP contribution in [0.2, 0.25) is 5.02 Å². The average Bonchev–Trinajstić information content (AvgIpc) is 3.65. The highest BCUT2D eigenvalue weighted by Gasteiger charge is 2.12. The first-order chi connectivity index (χ1) is 19.6. The van der Waals surface area contributed by atoms with Gasteiger partial charge in [0.05, 0.1) is 11.7 Å². The number of nitrogens with zero attached hydrogens (tertiary/aromatic N) is 3. The van der Waals surface area contributed by atoms with Crippen molar-refractivity contribution in [3.05, 3.63) is 89.3 Å². The first kappa shape index (κ1) is 26.9. The Bertz CT molecular complexity index is 1640. The third-order valence-electron chi connectivity index (χ3n) is 6.58. The maximum Gasteiger partial charge on any atom is 0.221 e. The van der Waals surface area contributed by atoms with Gasteiger partial charge in [-0.2, -0.15) is 15.5 Å². The molecular formula is C30H29ClN8O. The third-order valence-corrected chi connectivity index (χ3v) is 6.90. The molecule has 0 aliphatic carbocycles. The summed E-state index contributed by atoms with van der Waals surface area (Å²) in [4.78, 5) is 12.3. The number of amides is 1. The summed E-state index contributed by atoms with van der Waals surface area (Å²) in [5, 5.41) is 34.6. The van der Waals surface area contributed by atoms with E-state index in [0.29, 0.717) is 43.3 Å². The van der Waals surface area contributed by atoms with Crippen molar-refractivity contribution in [3.8, 4) is 28.3 Å². The molecule has 0 spiro atoms. The number of nitriles is 1. The van der Waals surface area contributed by atoms with E-state index in [1.165, 1.54) is 0 Å². The Balaban J connectivity index is 1.03. The molecular weight excluding hydrogens is 524 g/mol. The number of carbonyl (C=O) groups excluding carboxylic acids is 1. The fraction of sp³-hybridized carbons (Fsp3) is 0.200. The quantitative estimate of drug-likeness (QED) is 0.134. The van der Waals surface area contributed by atoms with Crippen molar-refractivity contribution in [3.63, 3.8) is 0 Å². The van der Waals surface area contributed by atoms with Gasteiger partial charge in [0.25, 0.3) is 0 Å². The van der Waals surface area contributed by atoms with E-state index in [1.54, 1.807) is 12.4 Å². The Morgan fingerprint density at radius 2 is 1.88 bits per heavy atom. The Kier molecular flexibility index (Phi) is 8.71. The second-order valence-electron chi connectivity index (χ2n) is 9.35. The Morgan fingerprint density at radius 3 is 2.70 bits per heavy atom. The maximum absolute atomic E-state index is 12.3. The molecule has 0 aliphatic rings. The normalized spacial score (nSPS) is 10.9. The number of halogens is 1. The predicted molar refractivity (Wildman–Crippen MR) is 158 cm³/mol. The van der Waals surface area contributed by atoms with Crippen LogP contribution in [0.25, 0.3) is 33.2 Å². The fourth-order valence-electron chi connectivity index (χ4n) is 4.53. The Hall–Kier alpha value is -4.65. The minimum Gasteiger partial charge on any atom is -0.384 e. The molecule has 5 rings (SSSR count). The Morgan fingerprint density at radius 1 is 1.00 bits per heavy atom. The summed E-state index contributed by atoms with van der Waals surface area (Å²) < 4.78 is 0. The van der Waals surface area contributed by atoms with Gasteiger partial charge in [-0.05, 0) is 41.3 Å². The number of nitrogens with one attached hydrogen (secondary N) is 5. The molecule has 0 radical (unpaired) electrons. The molecule has 9 nitrogen and oxygen atoms in total. The SMILES string of the molecule is N#Cc1n[nH]cc1-c1cc(NCCCNC(=O)CCNCc2ccc(-c3ccccc3)c(Cl)c2)c2cn[nH]c2c1. The largest absolute Gasteiger partial charge is 0.384 e. The summed E-state index contributed by atoms with van der Waals surface area (Å²) in [6.07, 6.45) is 4.63. The van der Waals surface area contributed by atoms with Crippen molar-refractivity contribution < 1.29 is 4.79 Å². The van der Waals surface area contributed by atoms with Crippen molar-refractivity contribution in [1.29, 1.82) is 5.26 Å². The van der Waals surface area contributed by atoms with E-state index in [2.05, 4.69) is 48.5 Å². The van der Waals surface area contributed by atoms with Crippen molar-refractivity contribution in [2.75, 3.05) is 25.0 Å². The summed E-state index contributed by atoms with van der Waals surface area (Å²) in [5.74, 6) is 0.00757. The van der Waals surface area contributed by atoms with E-state index in [4.69, 9.17) is 11.6 Å². The van der Waals surface area contributed by atoms with Gasteiger partial charge >= 0.3 is 0 Å². The van der Waals surface area contributed by atoms with Gasteiger partial charge in [0.2, 0.25) is 5.91 Å². The monoisotopic (exact) mass is 552 g/mol. The van der Waals surface area contributed by atoms with Gasteiger partial charge < -0.3 is 16.0 Å². The molecule has 2 aromatic heterocycles. The topological polar surface area (TPSA) is 134 Å². The number of carbonyl (C=O) groups is 1. The van der Waals surface area contributed by atoms with E-state index in [0.717, 1.165) is 50.8 Å². The molecule has 0 bridgehead atoms. The lowest BCUT2D eigenvalue weighted by Gasteiger charge is -2.11. The van der Waals surface area contributed by atoms with Crippen LogP contribution < -0.4 is 16.0 Å². The summed E-state index contributed by atoms with van der Waals surface area (Å²) in [6.45, 7) is 2.45. The van der Waals surface area contributed by atoms with E-state index >= 15 is 0 Å². The van der Waals surface area contributed by atoms with Crippen molar-refractivity contribution in [2.45, 2.75) is 19.4 Å². The van der Waals surface area contributed by atoms with Crippen LogP contribution in [-0.4, -0.2) is 45.9 Å². The second kappa shape index (κ2) is 12.9. The fourth-order valence-corrected chi connectivity index (χ4v) is 4.84. The van der Waals surface area contributed by atoms with Crippen LogP contribution in [0.4, 0.5) is 5.69 Å². The molecule has 0 atom stereocenters. The van der Waals surface area contributed by atoms with Crippen LogP contribution in [0, 0.1) is 11.3 Å². The number of rotatable bonds is 12. The number of aromatic nitrogens is 4. The van der Waals surface area contributed by atoms with Crippen LogP contribution in [0.1, 0.15) is 24.1 Å². The molecule has 3 aromatic carbocycles. The Labute approximate surface area is 237 Å². The predicted octanol–water partition coefficient (Wildman–Crippen LogP) is 5.24. The van der Waals surface area contributed by atoms with Gasteiger partial charge in [0.15, 0.2) is 5.69 Å². The van der Waals surface area contributed by atoms with Crippen LogP contribution in [0.3, 0.4) is 0 Å². The standard InChI is InChI=1S/C30H29ClN8O/c31-26-13-20(7-8-23(26)21-5-2-1-3-6-21)17-33-12-9-30(40)35-11-4-10-34-27-14-22(15-28-25(27)19-37-38-28)24-18-36-39-29(24)16-32/h1-3,5-8,13-15,18-19,33-34H,4,9-12,17H2,(H,35,40)(H,36,39)(H,37,38). The van der Waals surface area contributed by atoms with Gasteiger partial charge in [-0.15, -0.1) is 0 Å². The van der Waals surface area contributed by atoms with Crippen molar-refractivity contribution in [1.82, 2.24) is 31.0 Å². The lowest BCUT2D eigenvalue weighted by atomic mass is 10.0. The highest BCUT2D eigenvalue weighted by atomic mass is 35.5. The van der Waals surface area contributed by atoms with Gasteiger partial charge in [-0.3, -0.25) is 15.0 Å². The highest BCUT2D eigenvalue weighted by molar-refractivity contribution is 6.33. The summed E-state index contributed by atoms with van der Waals surface area (Å²) in [6, 6.07) is 22.1. The minimum absolute atomic E-state index is 0.00757. The molecule has 0 unspecified atom stereocenters. The molecule has 10 heteroatoms. The molecule has 5 aromatic rings. The zero-order valence-corrected chi connectivity index (χ0v) is 22.6. The number of hydrogen-bond acceptors (Lipinski definition) is 6. The van der Waals surface area contributed by atoms with Crippen LogP contribution in [0.5, 0.6) is 0 Å². The van der Waals surface area contributed by atoms with E-state index < -0.39 is 0 Å². The van der Waals surface area contributed by atoms with Crippen molar-refractivity contribution in [2.24, 2.45) is 0 Å². The lowest BCUT2D eigenvalue weighted by Crippen LogP contribution is -2.29. The molecule has 0 aliphatic heterocycles. The molecule has 5 N–H and O–H groups in total. The molecule has 40 heavy (non-hydrogen) atoms. The molecule has 1 amide bonds. The number of H-pyrrole nitrogens is 2. The second-order valence-corrected chi connectivity index (χ2v) is 9.76. The summed E-state index contributed by atoms with van der Waals surface area (Å²) in [5.41, 5.74) is 6.86. The molecule has 0 saturated heterocycles. The highest BCUT2D eigenvalue weighted by Crippen LogP contribution is 2.31. The molecule has 2 heterocycles. The first-order valence-corrected chi connectivity index (χ1v) is 13.5. The summed E-state index contributed by atoms with van der Waals surface area (Å²) in [7, 11) is 0. The van der Waals surface area contributed by atoms with Crippen molar-refractivity contribution >= 4 is 34.1 Å². The van der Waals surface area contributed by atoms with Gasteiger partial charge in [0.1, 0.15) is 6.07 Å². The zero-order valence-electron chi connectivity index (χ0n) is 21.8. The average molecular weight is 553 g/mol. The molecule has 0 fully saturated rings. The number of aromatic amines is 2. The molecule has 0 saturated carbocycles. The number of anilines is 1. The van der Waals surface area contributed by atoms with E-state index in [1.807, 2.05) is 54.6 Å². The minimum atomic E-state index is 0.00757. The van der Waals surface area contributed by atoms with Crippen LogP contribution >= 0.6 is 11.6 Å². The number of benzene rings is 3. The van der Waals surface area contributed by atoms with Crippen LogP contribution in [0.15, 0.2) is 73.1 Å². The summed E-state index contributed by atoms with van der Waals surface area (Å²) >= 11 is 6.50. The van der Waals surface area contributed by atoms with E-state index in [9.17, 15) is 10.1 Å². The molecule has 202 valence electrons. The maximum atomic E-state index is 12.3. The smallest absolute Gasteiger partial charge is 0.221 e. The first-order valence-electron chi connectivity index (χ1n) is 13.1.